The number of hydrogen-bond acceptors (Lipinski definition) is 6. The number of anilines is 1. The first-order valence-corrected chi connectivity index (χ1v) is 13.2. The number of carboxylic acids is 1. The number of halogens is 2. The lowest BCUT2D eigenvalue weighted by Crippen LogP contribution is -2.18. The van der Waals surface area contributed by atoms with Crippen LogP contribution in [0.5, 0.6) is 11.5 Å². The van der Waals surface area contributed by atoms with Crippen LogP contribution < -0.4 is 10.1 Å². The van der Waals surface area contributed by atoms with Gasteiger partial charge in [0, 0.05) is 12.6 Å². The van der Waals surface area contributed by atoms with E-state index in [1.165, 1.54) is 16.1 Å². The Bertz CT molecular complexity index is 1690. The number of nitrogens with one attached hydrogen (secondary N) is 1. The molecule has 2 aromatic heterocycles. The maximum Gasteiger partial charge on any atom is 0.413 e. The normalized spacial score (nSPS) is 11.6. The molecule has 1 amide bonds. The number of aryl methyl sites for hydroxylation is 1. The standard InChI is InChI=1S/C30H23F2N3O5S/c1-17(18-6-4-3-5-7-18)39-30(38)34-28-22(16-33-35(28)2)20-10-8-19(9-11-20)21-14-23(31)26(24(32)15-21)40-25-12-13-41-27(25)29(36)37/h3-17H,1-2H3,(H,34,38)(H,36,37)/t17-/m1/s1. The van der Waals surface area contributed by atoms with Gasteiger partial charge in [-0.15, -0.1) is 11.3 Å². The Morgan fingerprint density at radius 2 is 1.63 bits per heavy atom. The average Bonchev–Trinajstić information content (AvgIpc) is 3.58. The largest absolute Gasteiger partial charge is 0.477 e. The predicted octanol–water partition coefficient (Wildman–Crippen LogP) is 7.89. The Kier molecular flexibility index (Phi) is 7.79. The van der Waals surface area contributed by atoms with Crippen LogP contribution in [0.3, 0.4) is 0 Å². The van der Waals surface area contributed by atoms with Crippen LogP contribution in [0.1, 0.15) is 28.3 Å². The molecular formula is C30H23F2N3O5S. The molecule has 0 aliphatic rings. The summed E-state index contributed by atoms with van der Waals surface area (Å²) in [6, 6.07) is 19.7. The Morgan fingerprint density at radius 3 is 2.29 bits per heavy atom. The molecule has 2 N–H and O–H groups in total. The second kappa shape index (κ2) is 11.6. The van der Waals surface area contributed by atoms with E-state index in [9.17, 15) is 23.5 Å². The number of benzene rings is 3. The molecule has 8 nitrogen and oxygen atoms in total. The molecule has 0 aliphatic carbocycles. The zero-order valence-corrected chi connectivity index (χ0v) is 22.6. The Hall–Kier alpha value is -5.03. The summed E-state index contributed by atoms with van der Waals surface area (Å²) in [6.07, 6.45) is 0.482. The third-order valence-corrected chi connectivity index (χ3v) is 7.16. The summed E-state index contributed by atoms with van der Waals surface area (Å²) in [5.41, 5.74) is 2.95. The monoisotopic (exact) mass is 575 g/mol. The van der Waals surface area contributed by atoms with Crippen molar-refractivity contribution in [2.24, 2.45) is 7.05 Å². The maximum absolute atomic E-state index is 14.9. The van der Waals surface area contributed by atoms with Gasteiger partial charge in [0.1, 0.15) is 11.9 Å². The topological polar surface area (TPSA) is 103 Å². The number of thiophene rings is 1. The quantitative estimate of drug-likeness (QED) is 0.195. The lowest BCUT2D eigenvalue weighted by Gasteiger charge is -2.15. The number of carbonyl (C=O) groups is 2. The lowest BCUT2D eigenvalue weighted by atomic mass is 10.0. The van der Waals surface area contributed by atoms with E-state index in [1.807, 2.05) is 30.3 Å². The highest BCUT2D eigenvalue weighted by molar-refractivity contribution is 7.12. The number of carboxylic acid groups (broad SMARTS) is 1. The van der Waals surface area contributed by atoms with E-state index in [0.717, 1.165) is 29.0 Å². The predicted molar refractivity (Wildman–Crippen MR) is 150 cm³/mol. The van der Waals surface area contributed by atoms with Gasteiger partial charge in [0.15, 0.2) is 28.0 Å². The molecule has 5 rings (SSSR count). The van der Waals surface area contributed by atoms with Crippen molar-refractivity contribution in [2.45, 2.75) is 13.0 Å². The van der Waals surface area contributed by atoms with E-state index in [2.05, 4.69) is 10.4 Å². The van der Waals surface area contributed by atoms with Crippen molar-refractivity contribution in [3.05, 3.63) is 106 Å². The molecule has 11 heteroatoms. The van der Waals surface area contributed by atoms with Crippen LogP contribution in [-0.4, -0.2) is 26.9 Å². The smallest absolute Gasteiger partial charge is 0.413 e. The van der Waals surface area contributed by atoms with Crippen molar-refractivity contribution < 1.29 is 33.0 Å². The number of carbonyl (C=O) groups excluding carboxylic acids is 1. The second-order valence-electron chi connectivity index (χ2n) is 8.98. The number of amides is 1. The second-order valence-corrected chi connectivity index (χ2v) is 9.90. The van der Waals surface area contributed by atoms with E-state index in [0.29, 0.717) is 22.5 Å². The van der Waals surface area contributed by atoms with Crippen LogP contribution in [-0.2, 0) is 11.8 Å². The van der Waals surface area contributed by atoms with Crippen molar-refractivity contribution in [3.8, 4) is 33.8 Å². The molecule has 41 heavy (non-hydrogen) atoms. The molecule has 0 saturated heterocycles. The lowest BCUT2D eigenvalue weighted by molar-refractivity contribution is 0.0699. The highest BCUT2D eigenvalue weighted by Gasteiger charge is 2.20. The van der Waals surface area contributed by atoms with Gasteiger partial charge in [-0.2, -0.15) is 5.10 Å². The molecule has 0 fully saturated rings. The number of aromatic carboxylic acids is 1. The number of nitrogens with zero attached hydrogens (tertiary/aromatic N) is 2. The van der Waals surface area contributed by atoms with E-state index < -0.39 is 35.6 Å². The van der Waals surface area contributed by atoms with Crippen molar-refractivity contribution in [1.29, 1.82) is 0 Å². The van der Waals surface area contributed by atoms with E-state index in [1.54, 1.807) is 44.4 Å². The van der Waals surface area contributed by atoms with Crippen molar-refractivity contribution in [3.63, 3.8) is 0 Å². The fraction of sp³-hybridized carbons (Fsp3) is 0.100. The first-order chi connectivity index (χ1) is 19.7. The SMILES string of the molecule is C[C@@H](OC(=O)Nc1c(-c2ccc(-c3cc(F)c(Oc4ccsc4C(=O)O)c(F)c3)cc2)cnn1C)c1ccccc1. The van der Waals surface area contributed by atoms with Crippen LogP contribution in [0.2, 0.25) is 0 Å². The number of ether oxygens (including phenoxy) is 2. The van der Waals surface area contributed by atoms with Gasteiger partial charge in [0.25, 0.3) is 0 Å². The fourth-order valence-electron chi connectivity index (χ4n) is 4.19. The summed E-state index contributed by atoms with van der Waals surface area (Å²) in [7, 11) is 1.68. The Labute approximate surface area is 237 Å². The minimum atomic E-state index is -1.25. The van der Waals surface area contributed by atoms with E-state index >= 15 is 0 Å². The Balaban J connectivity index is 1.33. The summed E-state index contributed by atoms with van der Waals surface area (Å²) < 4.78 is 42.0. The van der Waals surface area contributed by atoms with Crippen molar-refractivity contribution in [1.82, 2.24) is 9.78 Å². The highest BCUT2D eigenvalue weighted by Crippen LogP contribution is 2.36. The third kappa shape index (κ3) is 5.94. The molecule has 208 valence electrons. The first kappa shape index (κ1) is 27.5. The molecule has 2 heterocycles. The molecule has 0 unspecified atom stereocenters. The van der Waals surface area contributed by atoms with Gasteiger partial charge in [0.05, 0.1) is 6.20 Å². The van der Waals surface area contributed by atoms with Gasteiger partial charge in [0.2, 0.25) is 0 Å². The van der Waals surface area contributed by atoms with Gasteiger partial charge in [-0.1, -0.05) is 54.6 Å². The van der Waals surface area contributed by atoms with Crippen molar-refractivity contribution >= 4 is 29.2 Å². The van der Waals surface area contributed by atoms with Crippen LogP contribution in [0, 0.1) is 11.6 Å². The molecule has 0 saturated carbocycles. The fourth-order valence-corrected chi connectivity index (χ4v) is 4.84. The van der Waals surface area contributed by atoms with Gasteiger partial charge >= 0.3 is 12.1 Å². The summed E-state index contributed by atoms with van der Waals surface area (Å²) in [4.78, 5) is 23.8. The minimum Gasteiger partial charge on any atom is -0.477 e. The zero-order chi connectivity index (χ0) is 29.1. The maximum atomic E-state index is 14.9. The zero-order valence-electron chi connectivity index (χ0n) is 21.8. The van der Waals surface area contributed by atoms with Crippen LogP contribution >= 0.6 is 11.3 Å². The molecule has 0 aliphatic heterocycles. The first-order valence-electron chi connectivity index (χ1n) is 12.3. The van der Waals surface area contributed by atoms with Gasteiger partial charge < -0.3 is 14.6 Å². The van der Waals surface area contributed by atoms with Gasteiger partial charge in [-0.3, -0.25) is 10.00 Å². The van der Waals surface area contributed by atoms with Gasteiger partial charge in [-0.05, 0) is 52.8 Å². The van der Waals surface area contributed by atoms with Gasteiger partial charge in [-0.25, -0.2) is 18.4 Å². The molecule has 0 radical (unpaired) electrons. The average molecular weight is 576 g/mol. The minimum absolute atomic E-state index is 0.142. The number of rotatable bonds is 8. The van der Waals surface area contributed by atoms with E-state index in [-0.39, 0.29) is 16.2 Å². The summed E-state index contributed by atoms with van der Waals surface area (Å²) in [5, 5.41) is 17.7. The molecule has 1 atom stereocenters. The van der Waals surface area contributed by atoms with Crippen LogP contribution in [0.25, 0.3) is 22.3 Å². The molecule has 0 bridgehead atoms. The van der Waals surface area contributed by atoms with Crippen LogP contribution in [0.15, 0.2) is 84.4 Å². The molecule has 5 aromatic rings. The molecular weight excluding hydrogens is 552 g/mol. The molecule has 0 spiro atoms. The van der Waals surface area contributed by atoms with E-state index in [4.69, 9.17) is 9.47 Å². The summed E-state index contributed by atoms with van der Waals surface area (Å²) in [6.45, 7) is 1.78. The van der Waals surface area contributed by atoms with Crippen molar-refractivity contribution in [2.75, 3.05) is 5.32 Å². The van der Waals surface area contributed by atoms with Crippen LogP contribution in [0.4, 0.5) is 19.4 Å². The number of aromatic nitrogens is 2. The Morgan fingerprint density at radius 1 is 0.976 bits per heavy atom. The highest BCUT2D eigenvalue weighted by atomic mass is 32.1. The number of hydrogen-bond donors (Lipinski definition) is 2. The summed E-state index contributed by atoms with van der Waals surface area (Å²) in [5.74, 6) is -3.63. The summed E-state index contributed by atoms with van der Waals surface area (Å²) >= 11 is 0.890. The third-order valence-electron chi connectivity index (χ3n) is 6.27. The molecule has 3 aromatic carbocycles.